The van der Waals surface area contributed by atoms with Gasteiger partial charge in [0.1, 0.15) is 11.5 Å². The zero-order chi connectivity index (χ0) is 14.0. The summed E-state index contributed by atoms with van der Waals surface area (Å²) >= 11 is 0. The number of rotatable bonds is 3. The first-order valence-corrected chi connectivity index (χ1v) is 6.83. The Kier molecular flexibility index (Phi) is 3.97. The highest BCUT2D eigenvalue weighted by atomic mass is 16.2. The van der Waals surface area contributed by atoms with E-state index in [-0.39, 0.29) is 5.82 Å². The average molecular weight is 266 g/mol. The van der Waals surface area contributed by atoms with Crippen molar-refractivity contribution < 1.29 is 0 Å². The van der Waals surface area contributed by atoms with Crippen LogP contribution in [0.2, 0.25) is 0 Å². The minimum absolute atomic E-state index is 0.192. The second-order valence-electron chi connectivity index (χ2n) is 5.48. The van der Waals surface area contributed by atoms with Crippen molar-refractivity contribution in [3.05, 3.63) is 20.8 Å². The second-order valence-corrected chi connectivity index (χ2v) is 5.48. The number of aromatic nitrogens is 2. The van der Waals surface area contributed by atoms with Crippen molar-refractivity contribution in [1.82, 2.24) is 9.55 Å². The maximum atomic E-state index is 11.8. The van der Waals surface area contributed by atoms with Crippen LogP contribution in [0.15, 0.2) is 9.59 Å². The minimum Gasteiger partial charge on any atom is -0.383 e. The van der Waals surface area contributed by atoms with E-state index in [9.17, 15) is 9.59 Å². The van der Waals surface area contributed by atoms with E-state index in [0.717, 1.165) is 6.54 Å². The Morgan fingerprint density at radius 1 is 1.37 bits per heavy atom. The molecule has 1 aromatic heterocycles. The first kappa shape index (κ1) is 13.7. The van der Waals surface area contributed by atoms with Gasteiger partial charge in [-0.3, -0.25) is 14.3 Å². The number of H-pyrrole nitrogens is 1. The van der Waals surface area contributed by atoms with Gasteiger partial charge in [0.15, 0.2) is 0 Å². The van der Waals surface area contributed by atoms with E-state index in [2.05, 4.69) is 17.2 Å². The summed E-state index contributed by atoms with van der Waals surface area (Å²) in [5.74, 6) is 1.41. The summed E-state index contributed by atoms with van der Waals surface area (Å²) in [6.45, 7) is 2.98. The molecule has 2 atom stereocenters. The summed E-state index contributed by atoms with van der Waals surface area (Å²) in [6.07, 6.45) is 4.96. The highest BCUT2D eigenvalue weighted by Gasteiger charge is 2.21. The quantitative estimate of drug-likeness (QED) is 0.757. The van der Waals surface area contributed by atoms with Crippen molar-refractivity contribution in [2.45, 2.75) is 32.6 Å². The maximum Gasteiger partial charge on any atom is 0.329 e. The first-order chi connectivity index (χ1) is 9.00. The molecule has 106 valence electrons. The third kappa shape index (κ3) is 2.83. The van der Waals surface area contributed by atoms with Crippen LogP contribution in [-0.4, -0.2) is 16.1 Å². The molecule has 0 aromatic carbocycles. The third-order valence-corrected chi connectivity index (χ3v) is 4.20. The molecule has 0 aliphatic heterocycles. The number of nitrogens with two attached hydrogens (primary N) is 1. The molecule has 2 unspecified atom stereocenters. The molecule has 0 spiro atoms. The lowest BCUT2D eigenvalue weighted by atomic mass is 9.80. The monoisotopic (exact) mass is 266 g/mol. The molecule has 6 nitrogen and oxygen atoms in total. The topological polar surface area (TPSA) is 92.9 Å². The van der Waals surface area contributed by atoms with Crippen molar-refractivity contribution >= 4 is 11.5 Å². The van der Waals surface area contributed by atoms with E-state index in [4.69, 9.17) is 5.73 Å². The van der Waals surface area contributed by atoms with Crippen molar-refractivity contribution in [2.24, 2.45) is 18.9 Å². The van der Waals surface area contributed by atoms with E-state index in [1.165, 1.54) is 30.3 Å². The lowest BCUT2D eigenvalue weighted by Crippen LogP contribution is -2.34. The van der Waals surface area contributed by atoms with Crippen LogP contribution in [-0.2, 0) is 7.05 Å². The van der Waals surface area contributed by atoms with Crippen molar-refractivity contribution in [1.29, 1.82) is 0 Å². The Bertz CT molecular complexity index is 561. The molecule has 19 heavy (non-hydrogen) atoms. The van der Waals surface area contributed by atoms with E-state index in [1.54, 1.807) is 7.05 Å². The molecular weight excluding hydrogens is 244 g/mol. The van der Waals surface area contributed by atoms with Gasteiger partial charge < -0.3 is 11.1 Å². The lowest BCUT2D eigenvalue weighted by Gasteiger charge is -2.29. The van der Waals surface area contributed by atoms with Crippen LogP contribution in [0.1, 0.15) is 32.6 Å². The fraction of sp³-hybridized carbons (Fsp3) is 0.692. The summed E-state index contributed by atoms with van der Waals surface area (Å²) in [5, 5.41) is 3.12. The van der Waals surface area contributed by atoms with Crippen LogP contribution in [0.3, 0.4) is 0 Å². The SMILES string of the molecule is CC1CCCCC1CNc1c(N)n(C)c(=O)[nH]c1=O. The first-order valence-electron chi connectivity index (χ1n) is 6.83. The standard InChI is InChI=1S/C13H22N4O2/c1-8-5-3-4-6-9(8)7-15-10-11(14)17(2)13(19)16-12(10)18/h8-9,15H,3-7,14H2,1-2H3,(H,16,18,19). The van der Waals surface area contributed by atoms with Gasteiger partial charge >= 0.3 is 5.69 Å². The summed E-state index contributed by atoms with van der Waals surface area (Å²) in [4.78, 5) is 25.4. The molecule has 0 bridgehead atoms. The van der Waals surface area contributed by atoms with Crippen LogP contribution >= 0.6 is 0 Å². The minimum atomic E-state index is -0.487. The average Bonchev–Trinajstić information content (AvgIpc) is 2.38. The Balaban J connectivity index is 2.14. The van der Waals surface area contributed by atoms with Gasteiger partial charge in [-0.1, -0.05) is 26.2 Å². The molecule has 1 saturated carbocycles. The molecule has 0 saturated heterocycles. The molecule has 1 heterocycles. The molecule has 1 aliphatic rings. The number of nitrogens with one attached hydrogen (secondary N) is 2. The van der Waals surface area contributed by atoms with Gasteiger partial charge in [0, 0.05) is 13.6 Å². The Morgan fingerprint density at radius 3 is 2.74 bits per heavy atom. The predicted molar refractivity (Wildman–Crippen MR) is 76.3 cm³/mol. The Hall–Kier alpha value is -1.72. The largest absolute Gasteiger partial charge is 0.383 e. The summed E-state index contributed by atoms with van der Waals surface area (Å²) in [6, 6.07) is 0. The van der Waals surface area contributed by atoms with Crippen LogP contribution in [0.25, 0.3) is 0 Å². The van der Waals surface area contributed by atoms with E-state index in [1.807, 2.05) is 0 Å². The number of aromatic amines is 1. The van der Waals surface area contributed by atoms with E-state index in [0.29, 0.717) is 17.5 Å². The van der Waals surface area contributed by atoms with Crippen molar-refractivity contribution in [3.8, 4) is 0 Å². The van der Waals surface area contributed by atoms with Crippen LogP contribution < -0.4 is 22.3 Å². The van der Waals surface area contributed by atoms with E-state index >= 15 is 0 Å². The fourth-order valence-electron chi connectivity index (χ4n) is 2.74. The Morgan fingerprint density at radius 2 is 2.05 bits per heavy atom. The van der Waals surface area contributed by atoms with Crippen molar-refractivity contribution in [3.63, 3.8) is 0 Å². The van der Waals surface area contributed by atoms with E-state index < -0.39 is 11.2 Å². The molecule has 1 aromatic rings. The zero-order valence-corrected chi connectivity index (χ0v) is 11.5. The van der Waals surface area contributed by atoms with Gasteiger partial charge in [0.25, 0.3) is 5.56 Å². The summed E-state index contributed by atoms with van der Waals surface area (Å²) in [5.41, 5.74) is 5.19. The molecule has 0 amide bonds. The third-order valence-electron chi connectivity index (χ3n) is 4.20. The number of hydrogen-bond acceptors (Lipinski definition) is 4. The van der Waals surface area contributed by atoms with Crippen LogP contribution in [0.5, 0.6) is 0 Å². The lowest BCUT2D eigenvalue weighted by molar-refractivity contribution is 0.268. The van der Waals surface area contributed by atoms with Crippen molar-refractivity contribution in [2.75, 3.05) is 17.6 Å². The highest BCUT2D eigenvalue weighted by molar-refractivity contribution is 5.60. The normalized spacial score (nSPS) is 23.3. The van der Waals surface area contributed by atoms with Crippen LogP contribution in [0, 0.1) is 11.8 Å². The summed E-state index contributed by atoms with van der Waals surface area (Å²) < 4.78 is 1.24. The number of nitrogen functional groups attached to an aromatic ring is 1. The van der Waals surface area contributed by atoms with Gasteiger partial charge in [-0.2, -0.15) is 0 Å². The molecule has 1 fully saturated rings. The van der Waals surface area contributed by atoms with Gasteiger partial charge in [-0.15, -0.1) is 0 Å². The second kappa shape index (κ2) is 5.50. The van der Waals surface area contributed by atoms with Crippen LogP contribution in [0.4, 0.5) is 11.5 Å². The maximum absolute atomic E-state index is 11.8. The predicted octanol–water partition coefficient (Wildman–Crippen LogP) is 0.894. The number of anilines is 2. The molecule has 4 N–H and O–H groups in total. The fourth-order valence-corrected chi connectivity index (χ4v) is 2.74. The molecule has 1 aliphatic carbocycles. The molecule has 0 radical (unpaired) electrons. The van der Waals surface area contributed by atoms with Gasteiger partial charge in [0.2, 0.25) is 0 Å². The molecule has 2 rings (SSSR count). The number of hydrogen-bond donors (Lipinski definition) is 3. The smallest absolute Gasteiger partial charge is 0.329 e. The number of nitrogens with zero attached hydrogens (tertiary/aromatic N) is 1. The molecule has 6 heteroatoms. The molecular formula is C13H22N4O2. The van der Waals surface area contributed by atoms with Gasteiger partial charge in [-0.25, -0.2) is 4.79 Å². The summed E-state index contributed by atoms with van der Waals surface area (Å²) in [7, 11) is 1.54. The Labute approximate surface area is 112 Å². The van der Waals surface area contributed by atoms with Gasteiger partial charge in [0.05, 0.1) is 0 Å². The van der Waals surface area contributed by atoms with Gasteiger partial charge in [-0.05, 0) is 18.3 Å². The highest BCUT2D eigenvalue weighted by Crippen LogP contribution is 2.29. The zero-order valence-electron chi connectivity index (χ0n) is 11.5.